The second-order valence-corrected chi connectivity index (χ2v) is 4.87. The predicted molar refractivity (Wildman–Crippen MR) is 64.3 cm³/mol. The van der Waals surface area contributed by atoms with Crippen LogP contribution < -0.4 is 5.46 Å². The number of hydrogen-bond acceptors (Lipinski definition) is 3. The average molecular weight is 322 g/mol. The summed E-state index contributed by atoms with van der Waals surface area (Å²) in [6.07, 6.45) is 0. The second kappa shape index (κ2) is 3.76. The Hall–Kier alpha value is -0.175. The highest BCUT2D eigenvalue weighted by Crippen LogP contribution is 2.24. The first-order valence-electron chi connectivity index (χ1n) is 3.82. The van der Waals surface area contributed by atoms with Crippen LogP contribution in [0, 0.1) is 9.39 Å². The van der Waals surface area contributed by atoms with Gasteiger partial charge in [0, 0.05) is 9.03 Å². The predicted octanol–water partition coefficient (Wildman–Crippen LogP) is 1.32. The van der Waals surface area contributed by atoms with E-state index in [-0.39, 0.29) is 5.82 Å². The largest absolute Gasteiger partial charge is 0.490 e. The van der Waals surface area contributed by atoms with E-state index in [1.54, 1.807) is 11.4 Å². The van der Waals surface area contributed by atoms with E-state index in [1.165, 1.54) is 17.4 Å². The Labute approximate surface area is 97.7 Å². The molecule has 72 valence electrons. The SMILES string of the molecule is OB(O)c1c(I)cc(F)c2sccc12. The molecule has 0 amide bonds. The molecule has 0 fully saturated rings. The molecule has 0 aliphatic heterocycles. The molecular formula is C8H5BFIO2S. The Morgan fingerprint density at radius 3 is 2.79 bits per heavy atom. The lowest BCUT2D eigenvalue weighted by Gasteiger charge is -2.05. The van der Waals surface area contributed by atoms with Crippen LogP contribution in [0.3, 0.4) is 0 Å². The smallest absolute Gasteiger partial charge is 0.423 e. The number of thiophene rings is 1. The summed E-state index contributed by atoms with van der Waals surface area (Å²) in [6.45, 7) is 0. The summed E-state index contributed by atoms with van der Waals surface area (Å²) >= 11 is 3.15. The van der Waals surface area contributed by atoms with Crippen molar-refractivity contribution in [1.82, 2.24) is 0 Å². The fourth-order valence-corrected chi connectivity index (χ4v) is 3.01. The molecule has 0 aliphatic rings. The standard InChI is InChI=1S/C8H5BFIO2S/c10-5-3-6(11)7(9(12)13)4-1-2-14-8(4)5/h1-3,12-13H. The van der Waals surface area contributed by atoms with Crippen LogP contribution in [0.4, 0.5) is 4.39 Å². The van der Waals surface area contributed by atoms with E-state index in [9.17, 15) is 4.39 Å². The summed E-state index contributed by atoms with van der Waals surface area (Å²) in [7, 11) is -1.56. The minimum absolute atomic E-state index is 0.316. The highest BCUT2D eigenvalue weighted by Gasteiger charge is 2.20. The van der Waals surface area contributed by atoms with Gasteiger partial charge in [0.25, 0.3) is 0 Å². The lowest BCUT2D eigenvalue weighted by Crippen LogP contribution is -2.33. The molecule has 0 unspecified atom stereocenters. The van der Waals surface area contributed by atoms with Crippen LogP contribution in [0.25, 0.3) is 10.1 Å². The highest BCUT2D eigenvalue weighted by molar-refractivity contribution is 14.1. The maximum Gasteiger partial charge on any atom is 0.490 e. The fraction of sp³-hybridized carbons (Fsp3) is 0. The first-order valence-corrected chi connectivity index (χ1v) is 5.78. The molecule has 0 atom stereocenters. The van der Waals surface area contributed by atoms with Crippen LogP contribution in [0.1, 0.15) is 0 Å². The van der Waals surface area contributed by atoms with Crippen molar-refractivity contribution in [3.8, 4) is 0 Å². The topological polar surface area (TPSA) is 40.5 Å². The molecule has 2 nitrogen and oxygen atoms in total. The van der Waals surface area contributed by atoms with Crippen molar-refractivity contribution in [3.05, 3.63) is 26.9 Å². The van der Waals surface area contributed by atoms with Crippen molar-refractivity contribution in [2.24, 2.45) is 0 Å². The molecule has 2 N–H and O–H groups in total. The summed E-state index contributed by atoms with van der Waals surface area (Å²) in [6, 6.07) is 3.01. The van der Waals surface area contributed by atoms with Crippen molar-refractivity contribution in [3.63, 3.8) is 0 Å². The Balaban J connectivity index is 2.86. The molecule has 0 spiro atoms. The number of hydrogen-bond donors (Lipinski definition) is 2. The van der Waals surface area contributed by atoms with E-state index in [0.29, 0.717) is 19.1 Å². The van der Waals surface area contributed by atoms with Crippen molar-refractivity contribution >= 4 is 56.6 Å². The van der Waals surface area contributed by atoms with E-state index in [1.807, 2.05) is 22.6 Å². The van der Waals surface area contributed by atoms with Crippen LogP contribution >= 0.6 is 33.9 Å². The monoisotopic (exact) mass is 322 g/mol. The quantitative estimate of drug-likeness (QED) is 0.614. The van der Waals surface area contributed by atoms with E-state index in [4.69, 9.17) is 10.0 Å². The van der Waals surface area contributed by atoms with Gasteiger partial charge in [-0.15, -0.1) is 11.3 Å². The van der Waals surface area contributed by atoms with E-state index in [2.05, 4.69) is 0 Å². The molecule has 14 heavy (non-hydrogen) atoms. The molecule has 0 saturated heterocycles. The fourth-order valence-electron chi connectivity index (χ4n) is 1.35. The molecule has 2 aromatic rings. The van der Waals surface area contributed by atoms with Gasteiger partial charge in [0.1, 0.15) is 5.82 Å². The van der Waals surface area contributed by atoms with Gasteiger partial charge in [0.15, 0.2) is 0 Å². The van der Waals surface area contributed by atoms with Gasteiger partial charge in [-0.25, -0.2) is 4.39 Å². The Morgan fingerprint density at radius 1 is 1.43 bits per heavy atom. The van der Waals surface area contributed by atoms with E-state index >= 15 is 0 Å². The van der Waals surface area contributed by atoms with Gasteiger partial charge >= 0.3 is 7.12 Å². The van der Waals surface area contributed by atoms with Crippen LogP contribution in [-0.2, 0) is 0 Å². The van der Waals surface area contributed by atoms with Gasteiger partial charge in [0.05, 0.1) is 4.70 Å². The minimum Gasteiger partial charge on any atom is -0.423 e. The summed E-state index contributed by atoms with van der Waals surface area (Å²) in [4.78, 5) is 0. The molecule has 6 heteroatoms. The Bertz CT molecular complexity index is 485. The maximum atomic E-state index is 13.4. The van der Waals surface area contributed by atoms with Crippen LogP contribution in [0.5, 0.6) is 0 Å². The molecular weight excluding hydrogens is 317 g/mol. The molecule has 0 aliphatic carbocycles. The highest BCUT2D eigenvalue weighted by atomic mass is 127. The molecule has 1 aromatic carbocycles. The molecule has 1 heterocycles. The van der Waals surface area contributed by atoms with Crippen LogP contribution in [-0.4, -0.2) is 17.2 Å². The van der Waals surface area contributed by atoms with E-state index < -0.39 is 7.12 Å². The zero-order chi connectivity index (χ0) is 10.3. The molecule has 0 radical (unpaired) electrons. The van der Waals surface area contributed by atoms with E-state index in [0.717, 1.165) is 0 Å². The second-order valence-electron chi connectivity index (χ2n) is 2.79. The summed E-state index contributed by atoms with van der Waals surface area (Å²) < 4.78 is 14.4. The Kier molecular flexibility index (Phi) is 2.78. The maximum absolute atomic E-state index is 13.4. The minimum atomic E-state index is -1.56. The number of benzene rings is 1. The lowest BCUT2D eigenvalue weighted by atomic mass is 9.78. The van der Waals surface area contributed by atoms with Crippen molar-refractivity contribution < 1.29 is 14.4 Å². The van der Waals surface area contributed by atoms with Crippen LogP contribution in [0.15, 0.2) is 17.5 Å². The average Bonchev–Trinajstić information content (AvgIpc) is 2.51. The molecule has 1 aromatic heterocycles. The summed E-state index contributed by atoms with van der Waals surface area (Å²) in [5, 5.41) is 20.6. The molecule has 2 rings (SSSR count). The van der Waals surface area contributed by atoms with Gasteiger partial charge in [-0.3, -0.25) is 0 Å². The molecule has 0 saturated carbocycles. The van der Waals surface area contributed by atoms with Gasteiger partial charge in [0.2, 0.25) is 0 Å². The third-order valence-corrected chi connectivity index (χ3v) is 3.76. The third kappa shape index (κ3) is 1.56. The number of fused-ring (bicyclic) bond motifs is 1. The number of rotatable bonds is 1. The van der Waals surface area contributed by atoms with Crippen LogP contribution in [0.2, 0.25) is 0 Å². The van der Waals surface area contributed by atoms with Gasteiger partial charge in [-0.05, 0) is 45.5 Å². The lowest BCUT2D eigenvalue weighted by molar-refractivity contribution is 0.426. The Morgan fingerprint density at radius 2 is 2.14 bits per heavy atom. The normalized spacial score (nSPS) is 10.9. The first kappa shape index (κ1) is 10.3. The van der Waals surface area contributed by atoms with Gasteiger partial charge in [-0.1, -0.05) is 0 Å². The van der Waals surface area contributed by atoms with Crippen molar-refractivity contribution in [2.45, 2.75) is 0 Å². The van der Waals surface area contributed by atoms with Gasteiger partial charge in [-0.2, -0.15) is 0 Å². The van der Waals surface area contributed by atoms with Crippen molar-refractivity contribution in [1.29, 1.82) is 0 Å². The third-order valence-electron chi connectivity index (χ3n) is 1.94. The summed E-state index contributed by atoms with van der Waals surface area (Å²) in [5.74, 6) is -0.316. The summed E-state index contributed by atoms with van der Waals surface area (Å²) in [5.41, 5.74) is 0.378. The molecule has 0 bridgehead atoms. The van der Waals surface area contributed by atoms with Gasteiger partial charge < -0.3 is 10.0 Å². The number of halogens is 2. The first-order chi connectivity index (χ1) is 6.61. The zero-order valence-corrected chi connectivity index (χ0v) is 9.84. The van der Waals surface area contributed by atoms with Crippen molar-refractivity contribution in [2.75, 3.05) is 0 Å². The zero-order valence-electron chi connectivity index (χ0n) is 6.87.